The number of phenolic OH excluding ortho intramolecular Hbond substituents is 4. The molecule has 13 N–H and O–H groups in total. The number of ketones is 6. The van der Waals surface area contributed by atoms with E-state index in [0.717, 1.165) is 102 Å². The van der Waals surface area contributed by atoms with Gasteiger partial charge >= 0.3 is 115 Å². The maximum absolute atomic E-state index is 14.0. The van der Waals surface area contributed by atoms with Crippen LogP contribution in [0.25, 0.3) is 0 Å². The Bertz CT molecular complexity index is 5380. The molecule has 0 saturated carbocycles. The summed E-state index contributed by atoms with van der Waals surface area (Å²) in [5, 5.41) is 107. The molecule has 6 aliphatic rings. The van der Waals surface area contributed by atoms with Crippen LogP contribution in [0.15, 0.2) is 153 Å². The number of hydrogen-bond acceptors (Lipinski definition) is 28. The minimum Gasteiger partial charge on any atom is -1.00 e. The minimum atomic E-state index is -2.33. The summed E-state index contributed by atoms with van der Waals surface area (Å²) >= 11 is 3.07. The number of allylic oxidation sites excluding steroid dienone is 20. The van der Waals surface area contributed by atoms with E-state index in [0.29, 0.717) is 12.8 Å². The summed E-state index contributed by atoms with van der Waals surface area (Å²) in [5.74, 6) is -8.36. The maximum atomic E-state index is 14.0. The molecule has 4 aromatic rings. The van der Waals surface area contributed by atoms with Gasteiger partial charge in [0.25, 0.3) is 6.47 Å². The Morgan fingerprint density at radius 2 is 0.768 bits per heavy atom. The predicted molar refractivity (Wildman–Crippen MR) is 538 cm³/mol. The molecule has 0 amide bonds. The van der Waals surface area contributed by atoms with Gasteiger partial charge in [-0.2, -0.15) is 0 Å². The molecule has 0 radical (unpaired) electrons. The van der Waals surface area contributed by atoms with Gasteiger partial charge < -0.3 is 102 Å². The molecule has 2 fully saturated rings. The number of carbonyl (C=O) groups excluding carboxylic acids is 8. The van der Waals surface area contributed by atoms with Crippen LogP contribution in [0.3, 0.4) is 0 Å². The van der Waals surface area contributed by atoms with Gasteiger partial charge in [-0.25, -0.2) is 0 Å². The number of methoxy groups -OCH3 is 2. The summed E-state index contributed by atoms with van der Waals surface area (Å²) in [7, 11) is 2.67. The van der Waals surface area contributed by atoms with Crippen LogP contribution < -0.4 is 129 Å². The van der Waals surface area contributed by atoms with Crippen molar-refractivity contribution in [2.75, 3.05) is 26.2 Å². The number of nitrogens with two attached hydrogens (primary N) is 2. The number of halogens is 1. The number of phenols is 4. The molecule has 142 heavy (non-hydrogen) atoms. The number of unbranched alkanes of at least 4 members (excludes halogenated alkanes) is 2. The third kappa shape index (κ3) is 36.1. The molecule has 4 aromatic carbocycles. The van der Waals surface area contributed by atoms with Crippen LogP contribution in [0.2, 0.25) is 0 Å². The van der Waals surface area contributed by atoms with Crippen LogP contribution in [-0.4, -0.2) is 186 Å². The number of aliphatic hydroxyl groups is 4. The molecule has 12 atom stereocenters. The number of Topliss-reactive ketones (excluding diaryl/α,β-unsaturated/α-hetero) is 2. The molecule has 0 bridgehead atoms. The summed E-state index contributed by atoms with van der Waals surface area (Å²) in [6.07, 6.45) is 31.2. The Kier molecular flexibility index (Phi) is 55.1. The number of carboxylic acids is 1. The van der Waals surface area contributed by atoms with Crippen molar-refractivity contribution >= 4 is 69.0 Å². The molecule has 12 unspecified atom stereocenters. The number of carbonyl (C=O) groups is 9. The number of esters is 1. The number of hydrogen-bond donors (Lipinski definition) is 11. The number of fused-ring (bicyclic) bond motifs is 6. The van der Waals surface area contributed by atoms with Gasteiger partial charge in [0.1, 0.15) is 45.7 Å². The number of alkyl halides is 1. The summed E-state index contributed by atoms with van der Waals surface area (Å²) in [5.41, 5.74) is 18.8. The fourth-order valence-electron chi connectivity index (χ4n) is 17.8. The van der Waals surface area contributed by atoms with Gasteiger partial charge in [-0.05, 0) is 225 Å². The molecule has 29 nitrogen and oxygen atoms in total. The Morgan fingerprint density at radius 3 is 1.07 bits per heavy atom. The fourth-order valence-corrected chi connectivity index (χ4v) is 18.3. The molecule has 2 heterocycles. The Morgan fingerprint density at radius 1 is 0.465 bits per heavy atom. The van der Waals surface area contributed by atoms with E-state index in [9.17, 15) is 79.2 Å². The zero-order valence-corrected chi connectivity index (χ0v) is 93.1. The van der Waals surface area contributed by atoms with Gasteiger partial charge in [0.15, 0.2) is 36.5 Å². The van der Waals surface area contributed by atoms with Crippen molar-refractivity contribution in [3.05, 3.63) is 220 Å². The number of aliphatic hydroxyl groups excluding tert-OH is 2. The van der Waals surface area contributed by atoms with Gasteiger partial charge in [-0.15, -0.1) is 0 Å². The first-order chi connectivity index (χ1) is 65.8. The number of rotatable bonds is 42. The van der Waals surface area contributed by atoms with Crippen molar-refractivity contribution in [1.29, 1.82) is 0 Å². The van der Waals surface area contributed by atoms with Gasteiger partial charge in [-0.3, -0.25) is 43.2 Å². The molecular formula is C110H149BrK2N2O27. The Hall–Kier alpha value is -7.18. The molecular weight excluding hydrogens is 1940 g/mol. The van der Waals surface area contributed by atoms with E-state index in [1.807, 2.05) is 13.8 Å². The maximum Gasteiger partial charge on any atom is 1.00 e. The second-order valence-corrected chi connectivity index (χ2v) is 38.3. The smallest absolute Gasteiger partial charge is 1.00 e. The average molecular weight is 2090 g/mol. The molecule has 0 spiro atoms. The first-order valence-corrected chi connectivity index (χ1v) is 48.8. The van der Waals surface area contributed by atoms with Crippen molar-refractivity contribution in [3.63, 3.8) is 0 Å². The van der Waals surface area contributed by atoms with Gasteiger partial charge in [0.05, 0.1) is 89.6 Å². The van der Waals surface area contributed by atoms with Gasteiger partial charge in [0, 0.05) is 96.8 Å². The number of aliphatic carboxylic acids is 1. The van der Waals surface area contributed by atoms with Crippen LogP contribution in [0.4, 0.5) is 0 Å². The van der Waals surface area contributed by atoms with Crippen molar-refractivity contribution in [3.8, 4) is 34.5 Å². The fraction of sp³-hybridized carbons (Fsp3) is 0.518. The monoisotopic (exact) mass is 2090 g/mol. The Labute approximate surface area is 931 Å². The first kappa shape index (κ1) is 127. The Balaban J connectivity index is 0.000000585. The van der Waals surface area contributed by atoms with E-state index in [2.05, 4.69) is 151 Å². The molecule has 4 aliphatic carbocycles. The number of ether oxygens (including phenoxy) is 7. The first-order valence-electron chi connectivity index (χ1n) is 47.7. The second-order valence-electron chi connectivity index (χ2n) is 37.7. The summed E-state index contributed by atoms with van der Waals surface area (Å²) < 4.78 is 39.9. The summed E-state index contributed by atoms with van der Waals surface area (Å²) in [4.78, 5) is 117. The quantitative estimate of drug-likeness (QED) is 0.00195. The van der Waals surface area contributed by atoms with E-state index in [1.54, 1.807) is 13.8 Å². The van der Waals surface area contributed by atoms with E-state index >= 15 is 0 Å². The molecule has 32 heteroatoms. The number of aromatic hydroxyl groups is 4. The SMILES string of the molecule is C.CC(C)=CCC/C(C)=C/CC/C(C)=C/CC/C=C(\C)CC/C=C(\C)CCC(=O)O.COc1cccc2c1C(=O)c1c(O)c3c(c(O)c1C2=O)CC(O)(C(=O)CBr)CC3OC1CC(N)C(O)C(C)O1.COc1cccc2c1C(=O)c1c(O)c3c(c(O)c1C2=O)CC(O)(C(=O)COC(=O)CC/C(C)=C/CC/C(C)=C/CC/C=C(\C)CC/C=C(\C)CCC=C(C)C)CC3OC1CC(N)C(O)C(C)O1.O=CO[O-].[H-].[K+].[K+]. The van der Waals surface area contributed by atoms with Crippen molar-refractivity contribution in [2.24, 2.45) is 11.5 Å². The predicted octanol–water partition coefficient (Wildman–Crippen LogP) is 12.5. The van der Waals surface area contributed by atoms with Crippen molar-refractivity contribution < 1.29 is 237 Å². The molecule has 10 rings (SSSR count). The average Bonchev–Trinajstić information content (AvgIpc) is 0.712. The van der Waals surface area contributed by atoms with Gasteiger partial charge in [0.2, 0.25) is 17.3 Å². The van der Waals surface area contributed by atoms with E-state index in [1.165, 1.54) is 107 Å². The zero-order valence-electron chi connectivity index (χ0n) is 86.3. The summed E-state index contributed by atoms with van der Waals surface area (Å²) in [6.45, 7) is 28.0. The largest absolute Gasteiger partial charge is 1.00 e. The van der Waals surface area contributed by atoms with E-state index in [4.69, 9.17) is 59.8 Å². The molecule has 2 aliphatic heterocycles. The van der Waals surface area contributed by atoms with E-state index in [-0.39, 0.29) is 212 Å². The third-order valence-electron chi connectivity index (χ3n) is 25.9. The van der Waals surface area contributed by atoms with Crippen LogP contribution >= 0.6 is 15.9 Å². The normalized spacial score (nSPS) is 22.1. The van der Waals surface area contributed by atoms with Crippen LogP contribution in [0, 0.1) is 0 Å². The molecule has 2 saturated heterocycles. The minimum absolute atomic E-state index is 0. The van der Waals surface area contributed by atoms with Crippen LogP contribution in [-0.2, 0) is 65.4 Å². The van der Waals surface area contributed by atoms with Crippen molar-refractivity contribution in [1.82, 2.24) is 0 Å². The van der Waals surface area contributed by atoms with Crippen LogP contribution in [0.1, 0.15) is 358 Å². The zero-order chi connectivity index (χ0) is 103. The van der Waals surface area contributed by atoms with Crippen LogP contribution in [0.5, 0.6) is 34.5 Å². The third-order valence-corrected chi connectivity index (χ3v) is 26.4. The second kappa shape index (κ2) is 61.6. The number of carboxylic acid groups (broad SMARTS) is 1. The van der Waals surface area contributed by atoms with Crippen molar-refractivity contribution in [2.45, 2.75) is 344 Å². The van der Waals surface area contributed by atoms with E-state index < -0.39 is 190 Å². The topological polar surface area (TPSA) is 485 Å². The van der Waals surface area contributed by atoms with Gasteiger partial charge in [-0.1, -0.05) is 164 Å². The standard InChI is InChI=1S/C54H71NO12.C27H28BrNO10.C27H44O2.CH2O3.CH4.2K.H/c1-31(2)15-11-18-34(5)21-12-19-32(3)16-9-10-17-33(4)20-13-22-35(6)25-26-43(57)65-30-42(56)54(63)28-38-46(41(29-54)67-44-27-39(55)49(58)36(7)66-44)53(62)48-47(51(38)60)50(59)37-23-14-24-40(64-8)45(37)52(48)61;1-10-22(31)13(29)6-17(38-10)39-15-8-27(36,16(30)9-28)7-12-19(15)26(35)21-20(24(12)33)23(32)11-4-3-5-14(37-2)18(11)25(21)34;1-22(2)12-9-15-25(5)18-10-16-23(3)13-7-8-14-24(4)17-11-19-26(6)20-21-27(28)29;2-1-4-3;;;;/h14-17,21-24,36,39,41,44,49,58,60,62-63H,9-13,18-20,25-30,55H2,1-8H3;3-5,10,13,15,17,22,31,33,35-36H,6-9,29H2,1-2H3;12-14,18-19H,7-11,15-17,20-21H2,1-6H3,(H,28,29);1,3H;1H4;;;/q;;;;;2*+1;-1/p-1/b32-16+,33-17+,34-21+,35-22+;;23-13+,24-14+,25-18+,26-19+;;;;;. The number of benzene rings is 4. The summed E-state index contributed by atoms with van der Waals surface area (Å²) in [6, 6.07) is 7.36. The molecule has 770 valence electrons. The molecule has 0 aromatic heterocycles.